The summed E-state index contributed by atoms with van der Waals surface area (Å²) in [5.74, 6) is 0.0163. The second kappa shape index (κ2) is 8.81. The van der Waals surface area contributed by atoms with Crippen molar-refractivity contribution in [1.82, 2.24) is 10.1 Å². The molecule has 122 valence electrons. The summed E-state index contributed by atoms with van der Waals surface area (Å²) < 4.78 is 9.35. The summed E-state index contributed by atoms with van der Waals surface area (Å²) in [6.07, 6.45) is 0.773. The highest BCUT2D eigenvalue weighted by Gasteiger charge is 2.16. The molecule has 0 atom stereocenters. The average molecular weight is 311 g/mol. The van der Waals surface area contributed by atoms with E-state index in [0.717, 1.165) is 0 Å². The van der Waals surface area contributed by atoms with Crippen molar-refractivity contribution in [2.75, 3.05) is 25.5 Å². The van der Waals surface area contributed by atoms with Gasteiger partial charge in [-0.15, -0.1) is 0 Å². The molecule has 1 aromatic heterocycles. The van der Waals surface area contributed by atoms with Crippen molar-refractivity contribution in [3.05, 3.63) is 11.8 Å². The van der Waals surface area contributed by atoms with Gasteiger partial charge in [-0.05, 0) is 20.3 Å². The summed E-state index contributed by atoms with van der Waals surface area (Å²) in [5, 5.41) is 6.20. The van der Waals surface area contributed by atoms with E-state index in [1.165, 1.54) is 12.0 Å². The maximum absolute atomic E-state index is 12.0. The number of carbonyl (C=O) groups excluding carboxylic acids is 3. The van der Waals surface area contributed by atoms with Gasteiger partial charge in [0.05, 0.1) is 13.7 Å². The molecule has 0 spiro atoms. The number of hydrogen-bond donors (Lipinski definition) is 1. The fourth-order valence-electron chi connectivity index (χ4n) is 1.80. The summed E-state index contributed by atoms with van der Waals surface area (Å²) in [5.41, 5.74) is 0. The molecule has 0 saturated heterocycles. The number of esters is 1. The van der Waals surface area contributed by atoms with E-state index in [9.17, 15) is 14.4 Å². The lowest BCUT2D eigenvalue weighted by Crippen LogP contribution is -2.37. The number of aromatic nitrogens is 1. The number of nitrogens with zero attached hydrogens (tertiary/aromatic N) is 2. The molecule has 1 heterocycles. The SMILES string of the molecule is CCN(CC(=O)Nc1cc(C)on1)C(=O)CCCC(=O)OC. The summed E-state index contributed by atoms with van der Waals surface area (Å²) in [7, 11) is 1.30. The molecule has 8 nitrogen and oxygen atoms in total. The number of anilines is 1. The number of hydrogen-bond acceptors (Lipinski definition) is 6. The van der Waals surface area contributed by atoms with Gasteiger partial charge in [0.25, 0.3) is 0 Å². The Kier molecular flexibility index (Phi) is 7.07. The quantitative estimate of drug-likeness (QED) is 0.722. The van der Waals surface area contributed by atoms with Crippen LogP contribution in [0.3, 0.4) is 0 Å². The topological polar surface area (TPSA) is 102 Å². The third-order valence-electron chi connectivity index (χ3n) is 2.96. The molecule has 22 heavy (non-hydrogen) atoms. The van der Waals surface area contributed by atoms with E-state index in [1.807, 2.05) is 0 Å². The summed E-state index contributed by atoms with van der Waals surface area (Å²) in [6, 6.07) is 1.59. The third-order valence-corrected chi connectivity index (χ3v) is 2.96. The normalized spacial score (nSPS) is 10.1. The van der Waals surface area contributed by atoms with Crippen molar-refractivity contribution >= 4 is 23.6 Å². The Morgan fingerprint density at radius 2 is 2.09 bits per heavy atom. The van der Waals surface area contributed by atoms with Crippen molar-refractivity contribution in [3.63, 3.8) is 0 Å². The first kappa shape index (κ1) is 17.7. The predicted octanol–water partition coefficient (Wildman–Crippen LogP) is 1.11. The predicted molar refractivity (Wildman–Crippen MR) is 78.0 cm³/mol. The Morgan fingerprint density at radius 1 is 1.36 bits per heavy atom. The summed E-state index contributed by atoms with van der Waals surface area (Å²) >= 11 is 0. The molecule has 8 heteroatoms. The van der Waals surface area contributed by atoms with Crippen LogP contribution in [0.1, 0.15) is 31.9 Å². The molecule has 0 bridgehead atoms. The number of ether oxygens (including phenoxy) is 1. The van der Waals surface area contributed by atoms with Crippen molar-refractivity contribution in [2.45, 2.75) is 33.1 Å². The van der Waals surface area contributed by atoms with E-state index in [2.05, 4.69) is 15.2 Å². The van der Waals surface area contributed by atoms with Crippen LogP contribution in [0.4, 0.5) is 5.82 Å². The minimum absolute atomic E-state index is 0.0700. The van der Waals surface area contributed by atoms with Crippen molar-refractivity contribution in [1.29, 1.82) is 0 Å². The van der Waals surface area contributed by atoms with Gasteiger partial charge in [0.1, 0.15) is 5.76 Å². The molecular weight excluding hydrogens is 290 g/mol. The zero-order valence-corrected chi connectivity index (χ0v) is 13.0. The number of carbonyl (C=O) groups is 3. The van der Waals surface area contributed by atoms with Crippen LogP contribution in [-0.4, -0.2) is 48.0 Å². The van der Waals surface area contributed by atoms with Gasteiger partial charge < -0.3 is 19.5 Å². The van der Waals surface area contributed by atoms with Gasteiger partial charge in [0, 0.05) is 25.5 Å². The van der Waals surface area contributed by atoms with Gasteiger partial charge in [-0.1, -0.05) is 5.16 Å². The zero-order valence-electron chi connectivity index (χ0n) is 13.0. The maximum Gasteiger partial charge on any atom is 0.305 e. The Morgan fingerprint density at radius 3 is 2.64 bits per heavy atom. The van der Waals surface area contributed by atoms with E-state index < -0.39 is 0 Å². The van der Waals surface area contributed by atoms with Gasteiger partial charge in [0.2, 0.25) is 11.8 Å². The minimum Gasteiger partial charge on any atom is -0.469 e. The first-order chi connectivity index (χ1) is 10.5. The number of rotatable bonds is 8. The molecule has 0 saturated carbocycles. The van der Waals surface area contributed by atoms with Crippen LogP contribution >= 0.6 is 0 Å². The third kappa shape index (κ3) is 5.94. The van der Waals surface area contributed by atoms with E-state index in [4.69, 9.17) is 4.52 Å². The number of aryl methyl sites for hydroxylation is 1. The van der Waals surface area contributed by atoms with Crippen LogP contribution in [0.5, 0.6) is 0 Å². The molecule has 2 amide bonds. The van der Waals surface area contributed by atoms with Gasteiger partial charge >= 0.3 is 5.97 Å². The first-order valence-corrected chi connectivity index (χ1v) is 7.04. The first-order valence-electron chi connectivity index (χ1n) is 7.04. The Labute approximate surface area is 128 Å². The van der Waals surface area contributed by atoms with Crippen molar-refractivity contribution in [2.24, 2.45) is 0 Å². The minimum atomic E-state index is -0.352. The average Bonchev–Trinajstić information content (AvgIpc) is 2.89. The highest BCUT2D eigenvalue weighted by Crippen LogP contribution is 2.07. The van der Waals surface area contributed by atoms with Crippen LogP contribution in [0.15, 0.2) is 10.6 Å². The molecule has 0 aliphatic rings. The Bertz CT molecular complexity index is 526. The van der Waals surface area contributed by atoms with E-state index in [0.29, 0.717) is 24.5 Å². The van der Waals surface area contributed by atoms with E-state index >= 15 is 0 Å². The molecule has 1 aromatic rings. The fourth-order valence-corrected chi connectivity index (χ4v) is 1.80. The van der Waals surface area contributed by atoms with E-state index in [1.54, 1.807) is 19.9 Å². The lowest BCUT2D eigenvalue weighted by atomic mass is 10.2. The standard InChI is InChI=1S/C14H21N3O5/c1-4-17(13(19)6-5-7-14(20)21-3)9-12(18)15-11-8-10(2)22-16-11/h8H,4-7,9H2,1-3H3,(H,15,16,18). The van der Waals surface area contributed by atoms with Crippen LogP contribution in [0.25, 0.3) is 0 Å². The molecular formula is C14H21N3O5. The van der Waals surface area contributed by atoms with Crippen molar-refractivity contribution in [3.8, 4) is 0 Å². The summed E-state index contributed by atoms with van der Waals surface area (Å²) in [4.78, 5) is 36.3. The molecule has 1 rings (SSSR count). The molecule has 0 aliphatic heterocycles. The number of nitrogens with one attached hydrogen (secondary N) is 1. The molecule has 0 radical (unpaired) electrons. The Balaban J connectivity index is 2.40. The summed E-state index contributed by atoms with van der Waals surface area (Å²) in [6.45, 7) is 3.83. The van der Waals surface area contributed by atoms with Gasteiger partial charge in [-0.3, -0.25) is 14.4 Å². The fraction of sp³-hybridized carbons (Fsp3) is 0.571. The smallest absolute Gasteiger partial charge is 0.305 e. The number of amides is 2. The number of likely N-dealkylation sites (N-methyl/N-ethyl adjacent to an activating group) is 1. The maximum atomic E-state index is 12.0. The van der Waals surface area contributed by atoms with E-state index in [-0.39, 0.29) is 37.2 Å². The zero-order chi connectivity index (χ0) is 16.5. The number of methoxy groups -OCH3 is 1. The van der Waals surface area contributed by atoms with Crippen LogP contribution in [0, 0.1) is 6.92 Å². The largest absolute Gasteiger partial charge is 0.469 e. The molecule has 0 aliphatic carbocycles. The molecule has 1 N–H and O–H groups in total. The van der Waals surface area contributed by atoms with Crippen LogP contribution < -0.4 is 5.32 Å². The second-order valence-corrected chi connectivity index (χ2v) is 4.71. The van der Waals surface area contributed by atoms with Crippen molar-refractivity contribution < 1.29 is 23.6 Å². The Hall–Kier alpha value is -2.38. The van der Waals surface area contributed by atoms with Gasteiger partial charge in [0.15, 0.2) is 5.82 Å². The molecule has 0 fully saturated rings. The van der Waals surface area contributed by atoms with Crippen LogP contribution in [0.2, 0.25) is 0 Å². The lowest BCUT2D eigenvalue weighted by Gasteiger charge is -2.19. The highest BCUT2D eigenvalue weighted by atomic mass is 16.5. The highest BCUT2D eigenvalue weighted by molar-refractivity contribution is 5.93. The van der Waals surface area contributed by atoms with Gasteiger partial charge in [-0.25, -0.2) is 0 Å². The lowest BCUT2D eigenvalue weighted by molar-refractivity contribution is -0.141. The monoisotopic (exact) mass is 311 g/mol. The van der Waals surface area contributed by atoms with Crippen LogP contribution in [-0.2, 0) is 19.1 Å². The molecule has 0 aromatic carbocycles. The second-order valence-electron chi connectivity index (χ2n) is 4.71. The van der Waals surface area contributed by atoms with Gasteiger partial charge in [-0.2, -0.15) is 0 Å². The molecule has 0 unspecified atom stereocenters.